The first kappa shape index (κ1) is 23.8. The van der Waals surface area contributed by atoms with E-state index < -0.39 is 0 Å². The van der Waals surface area contributed by atoms with Gasteiger partial charge in [-0.3, -0.25) is 9.59 Å². The molecule has 176 valence electrons. The molecule has 3 rings (SSSR count). The van der Waals surface area contributed by atoms with Crippen LogP contribution in [-0.2, 0) is 14.3 Å². The highest BCUT2D eigenvalue weighted by Gasteiger charge is 2.26. The molecule has 2 saturated heterocycles. The molecule has 0 bridgehead atoms. The second-order valence-corrected chi connectivity index (χ2v) is 8.07. The fourth-order valence-electron chi connectivity index (χ4n) is 4.13. The molecule has 9 heteroatoms. The third kappa shape index (κ3) is 6.35. The topological polar surface area (TPSA) is 91.4 Å². The molecule has 2 fully saturated rings. The van der Waals surface area contributed by atoms with Gasteiger partial charge in [-0.05, 0) is 44.0 Å². The average molecular weight is 447 g/mol. The first-order chi connectivity index (χ1) is 15.5. The molecule has 2 heterocycles. The Morgan fingerprint density at radius 3 is 2.19 bits per heavy atom. The minimum atomic E-state index is -0.314. The summed E-state index contributed by atoms with van der Waals surface area (Å²) in [7, 11) is 1.41. The molecule has 2 aliphatic heterocycles. The number of carbonyl (C=O) groups excluding carboxylic acids is 3. The van der Waals surface area contributed by atoms with Gasteiger partial charge in [0.05, 0.1) is 20.1 Å². The van der Waals surface area contributed by atoms with E-state index in [0.29, 0.717) is 57.4 Å². The highest BCUT2D eigenvalue weighted by Crippen LogP contribution is 2.21. The van der Waals surface area contributed by atoms with Gasteiger partial charge in [0.2, 0.25) is 0 Å². The molecule has 0 saturated carbocycles. The van der Waals surface area contributed by atoms with Crippen molar-refractivity contribution in [2.75, 3.05) is 64.4 Å². The number of hydrogen-bond donors (Lipinski definition) is 1. The second-order valence-electron chi connectivity index (χ2n) is 8.07. The lowest BCUT2D eigenvalue weighted by Gasteiger charge is -2.35. The van der Waals surface area contributed by atoms with Crippen molar-refractivity contribution >= 4 is 23.7 Å². The molecule has 2 amide bonds. The van der Waals surface area contributed by atoms with Crippen molar-refractivity contribution < 1.29 is 23.9 Å². The monoisotopic (exact) mass is 446 g/mol. The maximum absolute atomic E-state index is 12.8. The van der Waals surface area contributed by atoms with E-state index in [2.05, 4.69) is 15.0 Å². The lowest BCUT2D eigenvalue weighted by atomic mass is 10.0. The summed E-state index contributed by atoms with van der Waals surface area (Å²) >= 11 is 0. The van der Waals surface area contributed by atoms with Crippen molar-refractivity contribution in [2.24, 2.45) is 0 Å². The first-order valence-electron chi connectivity index (χ1n) is 11.4. The maximum Gasteiger partial charge on any atom is 0.409 e. The van der Waals surface area contributed by atoms with Crippen molar-refractivity contribution in [2.45, 2.75) is 32.2 Å². The van der Waals surface area contributed by atoms with Crippen molar-refractivity contribution in [3.05, 3.63) is 29.8 Å². The Morgan fingerprint density at radius 1 is 0.969 bits per heavy atom. The Bertz CT molecular complexity index is 769. The Hall–Kier alpha value is -2.81. The number of ether oxygens (including phenoxy) is 2. The van der Waals surface area contributed by atoms with E-state index >= 15 is 0 Å². The molecule has 0 aliphatic carbocycles. The number of methoxy groups -OCH3 is 1. The van der Waals surface area contributed by atoms with Crippen molar-refractivity contribution in [1.82, 2.24) is 15.1 Å². The summed E-state index contributed by atoms with van der Waals surface area (Å²) in [6, 6.07) is 8.19. The molecule has 9 nitrogen and oxygen atoms in total. The molecule has 0 atom stereocenters. The van der Waals surface area contributed by atoms with E-state index in [4.69, 9.17) is 4.74 Å². The number of nitrogens with zero attached hydrogens (tertiary/aromatic N) is 3. The number of carbonyl (C=O) groups is 3. The molecule has 1 aromatic carbocycles. The number of piperidine rings is 1. The van der Waals surface area contributed by atoms with Crippen molar-refractivity contribution in [3.63, 3.8) is 0 Å². The summed E-state index contributed by atoms with van der Waals surface area (Å²) in [5.41, 5.74) is 1.78. The Labute approximate surface area is 189 Å². The summed E-state index contributed by atoms with van der Waals surface area (Å²) < 4.78 is 9.70. The summed E-state index contributed by atoms with van der Waals surface area (Å²) in [4.78, 5) is 41.6. The highest BCUT2D eigenvalue weighted by atomic mass is 16.6. The molecule has 0 aromatic heterocycles. The van der Waals surface area contributed by atoms with E-state index in [-0.39, 0.29) is 18.0 Å². The van der Waals surface area contributed by atoms with Gasteiger partial charge in [0.1, 0.15) is 0 Å². The highest BCUT2D eigenvalue weighted by molar-refractivity contribution is 5.94. The number of rotatable bonds is 7. The number of piperazine rings is 1. The van der Waals surface area contributed by atoms with Gasteiger partial charge in [-0.25, -0.2) is 4.79 Å². The van der Waals surface area contributed by atoms with Crippen LogP contribution in [0.3, 0.4) is 0 Å². The normalized spacial score (nSPS) is 17.2. The van der Waals surface area contributed by atoms with Gasteiger partial charge in [0, 0.05) is 63.1 Å². The molecular weight excluding hydrogens is 412 g/mol. The van der Waals surface area contributed by atoms with Crippen LogP contribution < -0.4 is 10.2 Å². The Morgan fingerprint density at radius 2 is 1.59 bits per heavy atom. The molecule has 1 aromatic rings. The molecule has 0 unspecified atom stereocenters. The lowest BCUT2D eigenvalue weighted by molar-refractivity contribution is -0.140. The van der Waals surface area contributed by atoms with E-state index in [1.807, 2.05) is 24.3 Å². The van der Waals surface area contributed by atoms with Crippen LogP contribution in [0.1, 0.15) is 36.5 Å². The van der Waals surface area contributed by atoms with Crippen LogP contribution in [0.4, 0.5) is 10.5 Å². The number of hydrogen-bond acceptors (Lipinski definition) is 7. The molecular formula is C23H34N4O5. The third-order valence-corrected chi connectivity index (χ3v) is 6.06. The number of nitrogens with one attached hydrogen (secondary N) is 1. The fourth-order valence-corrected chi connectivity index (χ4v) is 4.13. The zero-order valence-corrected chi connectivity index (χ0v) is 19.0. The summed E-state index contributed by atoms with van der Waals surface area (Å²) in [6.45, 7) is 6.64. The van der Waals surface area contributed by atoms with Crippen LogP contribution in [0.5, 0.6) is 0 Å². The number of anilines is 1. The van der Waals surface area contributed by atoms with Crippen LogP contribution in [0.2, 0.25) is 0 Å². The molecule has 1 N–H and O–H groups in total. The van der Waals surface area contributed by atoms with Crippen LogP contribution in [-0.4, -0.2) is 93.3 Å². The van der Waals surface area contributed by atoms with Gasteiger partial charge in [-0.15, -0.1) is 0 Å². The number of esters is 1. The zero-order valence-electron chi connectivity index (χ0n) is 19.0. The molecule has 0 radical (unpaired) electrons. The van der Waals surface area contributed by atoms with E-state index in [0.717, 1.165) is 31.6 Å². The van der Waals surface area contributed by atoms with Crippen molar-refractivity contribution in [3.8, 4) is 0 Å². The second kappa shape index (κ2) is 11.7. The van der Waals surface area contributed by atoms with Gasteiger partial charge in [-0.1, -0.05) is 0 Å². The fraction of sp³-hybridized carbons (Fsp3) is 0.609. The third-order valence-electron chi connectivity index (χ3n) is 6.06. The minimum absolute atomic E-state index is 0.00595. The van der Waals surface area contributed by atoms with Crippen LogP contribution in [0, 0.1) is 0 Å². The Balaban J connectivity index is 1.44. The molecule has 2 aliphatic rings. The first-order valence-corrected chi connectivity index (χ1v) is 11.4. The zero-order chi connectivity index (χ0) is 22.9. The SMILES string of the molecule is CCOC(=O)N1CCN(C(=O)c2ccc(N3CCC(NCCC(=O)OC)CC3)cc2)CC1. The van der Waals surface area contributed by atoms with Gasteiger partial charge in [0.25, 0.3) is 5.91 Å². The largest absolute Gasteiger partial charge is 0.469 e. The summed E-state index contributed by atoms with van der Waals surface area (Å²) in [5, 5.41) is 3.43. The standard InChI is InChI=1S/C23H34N4O5/c1-3-32-23(30)27-16-14-26(15-17-27)22(29)18-4-6-20(7-5-18)25-12-9-19(10-13-25)24-11-8-21(28)31-2/h4-7,19,24H,3,8-17H2,1-2H3. The van der Waals surface area contributed by atoms with Gasteiger partial charge < -0.3 is 29.5 Å². The maximum atomic E-state index is 12.8. The van der Waals surface area contributed by atoms with Gasteiger partial charge in [0.15, 0.2) is 0 Å². The van der Waals surface area contributed by atoms with Gasteiger partial charge in [-0.2, -0.15) is 0 Å². The smallest absolute Gasteiger partial charge is 0.409 e. The summed E-state index contributed by atoms with van der Waals surface area (Å²) in [5.74, 6) is -0.195. The number of amides is 2. The van der Waals surface area contributed by atoms with E-state index in [1.54, 1.807) is 16.7 Å². The van der Waals surface area contributed by atoms with Crippen molar-refractivity contribution in [1.29, 1.82) is 0 Å². The van der Waals surface area contributed by atoms with E-state index in [1.165, 1.54) is 7.11 Å². The molecule has 32 heavy (non-hydrogen) atoms. The summed E-state index contributed by atoms with van der Waals surface area (Å²) in [6.07, 6.45) is 2.09. The predicted octanol–water partition coefficient (Wildman–Crippen LogP) is 1.72. The molecule has 0 spiro atoms. The van der Waals surface area contributed by atoms with Crippen LogP contribution >= 0.6 is 0 Å². The van der Waals surface area contributed by atoms with E-state index in [9.17, 15) is 14.4 Å². The van der Waals surface area contributed by atoms with Gasteiger partial charge >= 0.3 is 12.1 Å². The quantitative estimate of drug-likeness (QED) is 0.638. The Kier molecular flexibility index (Phi) is 8.72. The predicted molar refractivity (Wildman–Crippen MR) is 121 cm³/mol. The average Bonchev–Trinajstić information content (AvgIpc) is 2.84. The minimum Gasteiger partial charge on any atom is -0.469 e. The lowest BCUT2D eigenvalue weighted by Crippen LogP contribution is -2.50. The van der Waals surface area contributed by atoms with Crippen LogP contribution in [0.15, 0.2) is 24.3 Å². The number of benzene rings is 1. The van der Waals surface area contributed by atoms with Crippen LogP contribution in [0.25, 0.3) is 0 Å².